The van der Waals surface area contributed by atoms with E-state index in [4.69, 9.17) is 9.47 Å². The molecule has 0 aromatic heterocycles. The minimum atomic E-state index is -0.336. The minimum absolute atomic E-state index is 0.0820. The lowest BCUT2D eigenvalue weighted by Gasteiger charge is -2.17. The van der Waals surface area contributed by atoms with Gasteiger partial charge in [-0.1, -0.05) is 19.1 Å². The van der Waals surface area contributed by atoms with Gasteiger partial charge in [0.2, 0.25) is 0 Å². The molecule has 3 heteroatoms. The Morgan fingerprint density at radius 2 is 1.57 bits per heavy atom. The van der Waals surface area contributed by atoms with Crippen LogP contribution in [-0.4, -0.2) is 14.2 Å². The maximum absolute atomic E-state index is 13.9. The van der Waals surface area contributed by atoms with E-state index in [-0.39, 0.29) is 17.5 Å². The fourth-order valence-corrected chi connectivity index (χ4v) is 2.46. The van der Waals surface area contributed by atoms with Crippen molar-refractivity contribution in [1.29, 1.82) is 0 Å². The number of benzene rings is 2. The van der Waals surface area contributed by atoms with Gasteiger partial charge in [-0.2, -0.15) is 0 Å². The van der Waals surface area contributed by atoms with Gasteiger partial charge in [0.25, 0.3) is 0 Å². The zero-order valence-corrected chi connectivity index (χ0v) is 13.2. The summed E-state index contributed by atoms with van der Waals surface area (Å²) in [6.07, 6.45) is 0. The highest BCUT2D eigenvalue weighted by Crippen LogP contribution is 2.32. The van der Waals surface area contributed by atoms with E-state index in [9.17, 15) is 4.39 Å². The standard InChI is InChI=1S/C18H21FO2/c1-11-8-15(10-18(21-5)12(11)2)13(3)14-6-7-17(20-4)16(19)9-14/h6-10,13H,1-5H3. The molecule has 21 heavy (non-hydrogen) atoms. The Labute approximate surface area is 125 Å². The fourth-order valence-electron chi connectivity index (χ4n) is 2.46. The van der Waals surface area contributed by atoms with Crippen LogP contribution in [0.25, 0.3) is 0 Å². The Morgan fingerprint density at radius 1 is 0.905 bits per heavy atom. The fraction of sp³-hybridized carbons (Fsp3) is 0.333. The van der Waals surface area contributed by atoms with Crippen molar-refractivity contribution < 1.29 is 13.9 Å². The third kappa shape index (κ3) is 3.02. The molecule has 0 N–H and O–H groups in total. The lowest BCUT2D eigenvalue weighted by atomic mass is 9.90. The van der Waals surface area contributed by atoms with Crippen molar-refractivity contribution in [3.8, 4) is 11.5 Å². The van der Waals surface area contributed by atoms with Crippen LogP contribution in [0.5, 0.6) is 11.5 Å². The molecule has 0 fully saturated rings. The van der Waals surface area contributed by atoms with Crippen LogP contribution < -0.4 is 9.47 Å². The van der Waals surface area contributed by atoms with Crippen molar-refractivity contribution in [3.05, 3.63) is 58.4 Å². The largest absolute Gasteiger partial charge is 0.496 e. The highest BCUT2D eigenvalue weighted by atomic mass is 19.1. The van der Waals surface area contributed by atoms with Gasteiger partial charge >= 0.3 is 0 Å². The monoisotopic (exact) mass is 288 g/mol. The maximum Gasteiger partial charge on any atom is 0.165 e. The zero-order chi connectivity index (χ0) is 15.6. The Kier molecular flexibility index (Phi) is 4.51. The van der Waals surface area contributed by atoms with Crippen LogP contribution in [-0.2, 0) is 0 Å². The normalized spacial score (nSPS) is 12.1. The van der Waals surface area contributed by atoms with Crippen molar-refractivity contribution in [1.82, 2.24) is 0 Å². The van der Waals surface area contributed by atoms with Gasteiger partial charge < -0.3 is 9.47 Å². The molecular formula is C18H21FO2. The molecule has 1 atom stereocenters. The van der Waals surface area contributed by atoms with E-state index in [1.807, 2.05) is 19.1 Å². The van der Waals surface area contributed by atoms with E-state index in [2.05, 4.69) is 19.9 Å². The highest BCUT2D eigenvalue weighted by Gasteiger charge is 2.14. The van der Waals surface area contributed by atoms with Crippen molar-refractivity contribution in [2.24, 2.45) is 0 Å². The molecule has 0 bridgehead atoms. The molecule has 0 radical (unpaired) electrons. The zero-order valence-electron chi connectivity index (χ0n) is 13.2. The summed E-state index contributed by atoms with van der Waals surface area (Å²) in [6, 6.07) is 9.25. The quantitative estimate of drug-likeness (QED) is 0.818. The second-order valence-corrected chi connectivity index (χ2v) is 5.28. The molecule has 0 saturated carbocycles. The summed E-state index contributed by atoms with van der Waals surface area (Å²) in [5, 5.41) is 0. The average molecular weight is 288 g/mol. The van der Waals surface area contributed by atoms with Gasteiger partial charge in [-0.25, -0.2) is 4.39 Å². The third-order valence-electron chi connectivity index (χ3n) is 4.04. The van der Waals surface area contributed by atoms with Crippen LogP contribution in [0.15, 0.2) is 30.3 Å². The van der Waals surface area contributed by atoms with Gasteiger partial charge in [-0.15, -0.1) is 0 Å². The molecule has 0 aliphatic heterocycles. The first-order valence-electron chi connectivity index (χ1n) is 6.96. The summed E-state index contributed by atoms with van der Waals surface area (Å²) in [4.78, 5) is 0. The minimum Gasteiger partial charge on any atom is -0.496 e. The maximum atomic E-state index is 13.9. The second kappa shape index (κ2) is 6.17. The summed E-state index contributed by atoms with van der Waals surface area (Å²) < 4.78 is 24.2. The summed E-state index contributed by atoms with van der Waals surface area (Å²) in [7, 11) is 3.14. The molecule has 0 aliphatic carbocycles. The average Bonchev–Trinajstić information content (AvgIpc) is 2.49. The van der Waals surface area contributed by atoms with Crippen LogP contribution in [0.1, 0.15) is 35.1 Å². The summed E-state index contributed by atoms with van der Waals surface area (Å²) in [6.45, 7) is 6.16. The number of methoxy groups -OCH3 is 2. The Hall–Kier alpha value is -2.03. The first-order valence-corrected chi connectivity index (χ1v) is 6.96. The molecule has 0 saturated heterocycles. The van der Waals surface area contributed by atoms with Crippen LogP contribution in [0, 0.1) is 19.7 Å². The highest BCUT2D eigenvalue weighted by molar-refractivity contribution is 5.46. The first kappa shape index (κ1) is 15.4. The Bertz CT molecular complexity index is 650. The van der Waals surface area contributed by atoms with Crippen molar-refractivity contribution in [3.63, 3.8) is 0 Å². The van der Waals surface area contributed by atoms with Crippen molar-refractivity contribution in [2.75, 3.05) is 14.2 Å². The smallest absolute Gasteiger partial charge is 0.165 e. The van der Waals surface area contributed by atoms with E-state index in [1.54, 1.807) is 13.2 Å². The lowest BCUT2D eigenvalue weighted by molar-refractivity contribution is 0.386. The van der Waals surface area contributed by atoms with E-state index in [1.165, 1.54) is 18.7 Å². The molecule has 2 aromatic rings. The SMILES string of the molecule is COc1ccc(C(C)c2cc(C)c(C)c(OC)c2)cc1F. The molecular weight excluding hydrogens is 267 g/mol. The Morgan fingerprint density at radius 3 is 2.14 bits per heavy atom. The molecule has 2 nitrogen and oxygen atoms in total. The van der Waals surface area contributed by atoms with Crippen LogP contribution in [0.3, 0.4) is 0 Å². The van der Waals surface area contributed by atoms with Crippen LogP contribution in [0.2, 0.25) is 0 Å². The number of hydrogen-bond acceptors (Lipinski definition) is 2. The molecule has 2 aromatic carbocycles. The predicted molar refractivity (Wildman–Crippen MR) is 82.9 cm³/mol. The molecule has 0 amide bonds. The van der Waals surface area contributed by atoms with E-state index < -0.39 is 0 Å². The molecule has 1 unspecified atom stereocenters. The first-order chi connectivity index (χ1) is 9.97. The number of halogens is 1. The molecule has 0 heterocycles. The van der Waals surface area contributed by atoms with E-state index in [0.717, 1.165) is 22.4 Å². The molecule has 0 aliphatic rings. The topological polar surface area (TPSA) is 18.5 Å². The van der Waals surface area contributed by atoms with Gasteiger partial charge in [0, 0.05) is 5.92 Å². The van der Waals surface area contributed by atoms with Gasteiger partial charge in [0.1, 0.15) is 5.75 Å². The number of aryl methyl sites for hydroxylation is 1. The summed E-state index contributed by atoms with van der Waals surface area (Å²) in [5.74, 6) is 0.880. The summed E-state index contributed by atoms with van der Waals surface area (Å²) >= 11 is 0. The van der Waals surface area contributed by atoms with Gasteiger partial charge in [-0.3, -0.25) is 0 Å². The van der Waals surface area contributed by atoms with Gasteiger partial charge in [-0.05, 0) is 54.3 Å². The second-order valence-electron chi connectivity index (χ2n) is 5.28. The van der Waals surface area contributed by atoms with Crippen molar-refractivity contribution >= 4 is 0 Å². The van der Waals surface area contributed by atoms with Crippen LogP contribution >= 0.6 is 0 Å². The van der Waals surface area contributed by atoms with E-state index >= 15 is 0 Å². The van der Waals surface area contributed by atoms with Crippen molar-refractivity contribution in [2.45, 2.75) is 26.7 Å². The summed E-state index contributed by atoms with van der Waals surface area (Å²) in [5.41, 5.74) is 4.33. The third-order valence-corrected chi connectivity index (χ3v) is 4.04. The number of rotatable bonds is 4. The Balaban J connectivity index is 2.42. The van der Waals surface area contributed by atoms with Gasteiger partial charge in [0.15, 0.2) is 11.6 Å². The number of hydrogen-bond donors (Lipinski definition) is 0. The molecule has 2 rings (SSSR count). The predicted octanol–water partition coefficient (Wildman–Crippen LogP) is 4.61. The molecule has 0 spiro atoms. The van der Waals surface area contributed by atoms with E-state index in [0.29, 0.717) is 0 Å². The number of ether oxygens (including phenoxy) is 2. The molecule has 112 valence electrons. The van der Waals surface area contributed by atoms with Crippen LogP contribution in [0.4, 0.5) is 4.39 Å². The van der Waals surface area contributed by atoms with Gasteiger partial charge in [0.05, 0.1) is 14.2 Å². The lowest BCUT2D eigenvalue weighted by Crippen LogP contribution is -2.01.